The second kappa shape index (κ2) is 6.71. The van der Waals surface area contributed by atoms with Gasteiger partial charge in [0, 0.05) is 16.0 Å². The van der Waals surface area contributed by atoms with Gasteiger partial charge in [0.05, 0.1) is 5.56 Å². The van der Waals surface area contributed by atoms with E-state index in [4.69, 9.17) is 23.2 Å². The molecular formula is C17H14Cl2N2O3. The molecule has 1 fully saturated rings. The molecular weight excluding hydrogens is 351 g/mol. The normalized spacial score (nSPS) is 18.8. The van der Waals surface area contributed by atoms with Gasteiger partial charge < -0.3 is 5.11 Å². The Morgan fingerprint density at radius 3 is 2.54 bits per heavy atom. The fourth-order valence-corrected chi connectivity index (χ4v) is 2.93. The van der Waals surface area contributed by atoms with Crippen LogP contribution in [0.25, 0.3) is 0 Å². The van der Waals surface area contributed by atoms with E-state index in [2.05, 4.69) is 10.9 Å². The highest BCUT2D eigenvalue weighted by Crippen LogP contribution is 2.47. The summed E-state index contributed by atoms with van der Waals surface area (Å²) in [6.45, 7) is 0. The van der Waals surface area contributed by atoms with Gasteiger partial charge in [0.25, 0.3) is 5.91 Å². The summed E-state index contributed by atoms with van der Waals surface area (Å²) in [6.07, 6.45) is 0.699. The van der Waals surface area contributed by atoms with Crippen molar-refractivity contribution >= 4 is 35.0 Å². The second-order valence-corrected chi connectivity index (χ2v) is 6.48. The number of carbonyl (C=O) groups is 2. The second-order valence-electron chi connectivity index (χ2n) is 5.61. The SMILES string of the molecule is O=C(NNC(=O)C1CC1c1cccc(Cl)c1)c1cc(Cl)ccc1O. The average Bonchev–Trinajstić information content (AvgIpc) is 3.35. The van der Waals surface area contributed by atoms with Gasteiger partial charge in [-0.25, -0.2) is 0 Å². The lowest BCUT2D eigenvalue weighted by Crippen LogP contribution is -2.42. The summed E-state index contributed by atoms with van der Waals surface area (Å²) >= 11 is 11.7. The van der Waals surface area contributed by atoms with Gasteiger partial charge in [-0.15, -0.1) is 0 Å². The van der Waals surface area contributed by atoms with Crippen molar-refractivity contribution in [3.05, 3.63) is 63.6 Å². The molecule has 2 aromatic rings. The Hall–Kier alpha value is -2.24. The number of phenolic OH excluding ortho intramolecular Hbond substituents is 1. The number of amides is 2. The van der Waals surface area contributed by atoms with Crippen molar-refractivity contribution < 1.29 is 14.7 Å². The summed E-state index contributed by atoms with van der Waals surface area (Å²) in [5.74, 6) is -1.25. The van der Waals surface area contributed by atoms with Crippen molar-refractivity contribution in [3.8, 4) is 5.75 Å². The Balaban J connectivity index is 1.57. The third kappa shape index (κ3) is 3.63. The molecule has 2 atom stereocenters. The van der Waals surface area contributed by atoms with E-state index in [-0.39, 0.29) is 29.1 Å². The summed E-state index contributed by atoms with van der Waals surface area (Å²) < 4.78 is 0. The lowest BCUT2D eigenvalue weighted by atomic mass is 10.1. The van der Waals surface area contributed by atoms with Crippen LogP contribution in [0.2, 0.25) is 10.0 Å². The van der Waals surface area contributed by atoms with Crippen molar-refractivity contribution in [2.24, 2.45) is 5.92 Å². The maximum Gasteiger partial charge on any atom is 0.273 e. The molecule has 0 aliphatic heterocycles. The highest BCUT2D eigenvalue weighted by atomic mass is 35.5. The molecule has 0 radical (unpaired) electrons. The topological polar surface area (TPSA) is 78.4 Å². The summed E-state index contributed by atoms with van der Waals surface area (Å²) in [5.41, 5.74) is 5.66. The highest BCUT2D eigenvalue weighted by Gasteiger charge is 2.44. The van der Waals surface area contributed by atoms with Gasteiger partial charge >= 0.3 is 0 Å². The molecule has 1 aliphatic carbocycles. The zero-order valence-corrected chi connectivity index (χ0v) is 13.9. The van der Waals surface area contributed by atoms with Gasteiger partial charge in [0.1, 0.15) is 5.75 Å². The molecule has 0 bridgehead atoms. The lowest BCUT2D eigenvalue weighted by molar-refractivity contribution is -0.123. The van der Waals surface area contributed by atoms with E-state index < -0.39 is 5.91 Å². The molecule has 24 heavy (non-hydrogen) atoms. The number of benzene rings is 2. The zero-order chi connectivity index (χ0) is 17.3. The maximum absolute atomic E-state index is 12.1. The number of phenols is 1. The van der Waals surface area contributed by atoms with Crippen LogP contribution in [-0.2, 0) is 4.79 Å². The van der Waals surface area contributed by atoms with Crippen LogP contribution < -0.4 is 10.9 Å². The molecule has 7 heteroatoms. The van der Waals surface area contributed by atoms with Crippen LogP contribution in [-0.4, -0.2) is 16.9 Å². The Morgan fingerprint density at radius 1 is 1.04 bits per heavy atom. The van der Waals surface area contributed by atoms with Crippen molar-refractivity contribution in [2.75, 3.05) is 0 Å². The summed E-state index contributed by atoms with van der Waals surface area (Å²) in [7, 11) is 0. The molecule has 0 aromatic heterocycles. The van der Waals surface area contributed by atoms with E-state index in [1.807, 2.05) is 18.2 Å². The molecule has 3 rings (SSSR count). The smallest absolute Gasteiger partial charge is 0.273 e. The van der Waals surface area contributed by atoms with E-state index >= 15 is 0 Å². The number of halogens is 2. The molecule has 1 saturated carbocycles. The van der Waals surface area contributed by atoms with Crippen molar-refractivity contribution in [1.29, 1.82) is 0 Å². The first-order valence-corrected chi connectivity index (χ1v) is 8.05. The molecule has 124 valence electrons. The number of hydrogen-bond donors (Lipinski definition) is 3. The predicted octanol–water partition coefficient (Wildman–Crippen LogP) is 3.26. The minimum atomic E-state index is -0.636. The number of hydrazine groups is 1. The van der Waals surface area contributed by atoms with Crippen LogP contribution in [0.3, 0.4) is 0 Å². The molecule has 5 nitrogen and oxygen atoms in total. The van der Waals surface area contributed by atoms with Crippen molar-refractivity contribution in [1.82, 2.24) is 10.9 Å². The zero-order valence-electron chi connectivity index (χ0n) is 12.4. The van der Waals surface area contributed by atoms with Gasteiger partial charge in [-0.05, 0) is 48.2 Å². The molecule has 2 amide bonds. The average molecular weight is 365 g/mol. The van der Waals surface area contributed by atoms with E-state index in [0.717, 1.165) is 5.56 Å². The monoisotopic (exact) mass is 364 g/mol. The molecule has 0 heterocycles. The molecule has 2 aromatic carbocycles. The van der Waals surface area contributed by atoms with E-state index in [1.165, 1.54) is 18.2 Å². The minimum absolute atomic E-state index is 0.00927. The summed E-state index contributed by atoms with van der Waals surface area (Å²) in [5, 5.41) is 10.6. The van der Waals surface area contributed by atoms with Gasteiger partial charge in [-0.1, -0.05) is 35.3 Å². The first-order valence-electron chi connectivity index (χ1n) is 7.30. The Labute approximate surface area is 148 Å². The third-order valence-corrected chi connectivity index (χ3v) is 4.38. The fraction of sp³-hybridized carbons (Fsp3) is 0.176. The van der Waals surface area contributed by atoms with Crippen LogP contribution in [0.15, 0.2) is 42.5 Å². The van der Waals surface area contributed by atoms with Crippen LogP contribution in [0, 0.1) is 5.92 Å². The molecule has 3 N–H and O–H groups in total. The number of nitrogens with one attached hydrogen (secondary N) is 2. The van der Waals surface area contributed by atoms with Crippen molar-refractivity contribution in [2.45, 2.75) is 12.3 Å². The minimum Gasteiger partial charge on any atom is -0.507 e. The largest absolute Gasteiger partial charge is 0.507 e. The summed E-state index contributed by atoms with van der Waals surface area (Å²) in [6, 6.07) is 11.5. The number of rotatable bonds is 3. The number of hydrogen-bond acceptors (Lipinski definition) is 3. The molecule has 1 aliphatic rings. The van der Waals surface area contributed by atoms with E-state index in [9.17, 15) is 14.7 Å². The molecule has 0 spiro atoms. The number of aromatic hydroxyl groups is 1. The van der Waals surface area contributed by atoms with Gasteiger partial charge in [0.2, 0.25) is 5.91 Å². The van der Waals surface area contributed by atoms with Crippen LogP contribution in [0.1, 0.15) is 28.3 Å². The van der Waals surface area contributed by atoms with Gasteiger partial charge in [0.15, 0.2) is 0 Å². The first-order chi connectivity index (χ1) is 11.5. The fourth-order valence-electron chi connectivity index (χ4n) is 2.56. The predicted molar refractivity (Wildman–Crippen MR) is 91.0 cm³/mol. The van der Waals surface area contributed by atoms with Gasteiger partial charge in [-0.3, -0.25) is 20.4 Å². The van der Waals surface area contributed by atoms with Crippen LogP contribution in [0.5, 0.6) is 5.75 Å². The van der Waals surface area contributed by atoms with Crippen LogP contribution >= 0.6 is 23.2 Å². The van der Waals surface area contributed by atoms with E-state index in [1.54, 1.807) is 6.07 Å². The quantitative estimate of drug-likeness (QED) is 0.731. The Morgan fingerprint density at radius 2 is 1.79 bits per heavy atom. The van der Waals surface area contributed by atoms with Crippen LogP contribution in [0.4, 0.5) is 0 Å². The molecule has 0 saturated heterocycles. The maximum atomic E-state index is 12.1. The van der Waals surface area contributed by atoms with Gasteiger partial charge in [-0.2, -0.15) is 0 Å². The first kappa shape index (κ1) is 16.6. The standard InChI is InChI=1S/C17H14Cl2N2O3/c18-10-3-1-2-9(6-10)12-8-13(12)16(23)20-21-17(24)14-7-11(19)4-5-15(14)22/h1-7,12-13,22H,8H2,(H,20,23)(H,21,24). The third-order valence-electron chi connectivity index (χ3n) is 3.91. The van der Waals surface area contributed by atoms with E-state index in [0.29, 0.717) is 16.5 Å². The highest BCUT2D eigenvalue weighted by molar-refractivity contribution is 6.31. The lowest BCUT2D eigenvalue weighted by Gasteiger charge is -2.09. The Bertz CT molecular complexity index is 810. The number of carbonyl (C=O) groups excluding carboxylic acids is 2. The Kier molecular flexibility index (Phi) is 4.64. The summed E-state index contributed by atoms with van der Waals surface area (Å²) in [4.78, 5) is 24.1. The van der Waals surface area contributed by atoms with Crippen molar-refractivity contribution in [3.63, 3.8) is 0 Å². The molecule has 2 unspecified atom stereocenters.